The highest BCUT2D eigenvalue weighted by atomic mass is 32.2. The molecule has 1 saturated heterocycles. The summed E-state index contributed by atoms with van der Waals surface area (Å²) in [6.45, 7) is 0.570. The molecule has 1 N–H and O–H groups in total. The van der Waals surface area contributed by atoms with Gasteiger partial charge in [0.1, 0.15) is 11.5 Å². The molecule has 26 heavy (non-hydrogen) atoms. The molecule has 2 aromatic rings. The predicted octanol–water partition coefficient (Wildman–Crippen LogP) is 2.98. The van der Waals surface area contributed by atoms with E-state index in [4.69, 9.17) is 0 Å². The van der Waals surface area contributed by atoms with Gasteiger partial charge in [-0.2, -0.15) is 0 Å². The van der Waals surface area contributed by atoms with Gasteiger partial charge in [0.25, 0.3) is 5.69 Å². The number of rotatable bonds is 5. The second kappa shape index (κ2) is 7.00. The lowest BCUT2D eigenvalue weighted by atomic mass is 10.0. The standard InChI is InChI=1S/C17H18FN3O4S/c1-19-26(24,25)14-7-8-16(17(11-14)21(22)23)20-9-3-6-15(20)12-4-2-5-13(18)10-12/h2,4-5,7-8,10-11,15,19H,3,6,9H2,1H3/t15-/m0/s1. The Hall–Kier alpha value is -2.52. The van der Waals surface area contributed by atoms with Gasteiger partial charge in [-0.15, -0.1) is 0 Å². The fourth-order valence-corrected chi connectivity index (χ4v) is 4.04. The van der Waals surface area contributed by atoms with Crippen LogP contribution in [0.1, 0.15) is 24.4 Å². The van der Waals surface area contributed by atoms with Crippen LogP contribution < -0.4 is 9.62 Å². The van der Waals surface area contributed by atoms with Crippen molar-refractivity contribution in [1.82, 2.24) is 4.72 Å². The maximum absolute atomic E-state index is 13.6. The quantitative estimate of drug-likeness (QED) is 0.637. The molecular weight excluding hydrogens is 361 g/mol. The molecule has 1 heterocycles. The molecule has 2 aromatic carbocycles. The van der Waals surface area contributed by atoms with Crippen LogP contribution in [0.3, 0.4) is 0 Å². The normalized spacial score (nSPS) is 17.5. The third-order valence-corrected chi connectivity index (χ3v) is 5.93. The fraction of sp³-hybridized carbons (Fsp3) is 0.294. The molecule has 0 radical (unpaired) electrons. The van der Waals surface area contributed by atoms with Crippen molar-refractivity contribution >= 4 is 21.4 Å². The van der Waals surface area contributed by atoms with Gasteiger partial charge in [-0.1, -0.05) is 12.1 Å². The van der Waals surface area contributed by atoms with E-state index in [1.165, 1.54) is 31.3 Å². The molecule has 1 aliphatic rings. The summed E-state index contributed by atoms with van der Waals surface area (Å²) in [5, 5.41) is 11.5. The van der Waals surface area contributed by atoms with E-state index in [2.05, 4.69) is 4.72 Å². The van der Waals surface area contributed by atoms with Crippen LogP contribution in [-0.4, -0.2) is 26.9 Å². The minimum atomic E-state index is -3.79. The van der Waals surface area contributed by atoms with E-state index in [1.54, 1.807) is 12.1 Å². The van der Waals surface area contributed by atoms with Crippen LogP contribution in [0, 0.1) is 15.9 Å². The van der Waals surface area contributed by atoms with E-state index in [-0.39, 0.29) is 22.4 Å². The Morgan fingerprint density at radius 1 is 1.27 bits per heavy atom. The van der Waals surface area contributed by atoms with Crippen molar-refractivity contribution in [2.75, 3.05) is 18.5 Å². The molecule has 9 heteroatoms. The highest BCUT2D eigenvalue weighted by molar-refractivity contribution is 7.89. The minimum absolute atomic E-state index is 0.169. The van der Waals surface area contributed by atoms with E-state index in [0.717, 1.165) is 24.5 Å². The van der Waals surface area contributed by atoms with Gasteiger partial charge < -0.3 is 4.90 Å². The summed E-state index contributed by atoms with van der Waals surface area (Å²) in [6.07, 6.45) is 1.53. The van der Waals surface area contributed by atoms with Gasteiger partial charge >= 0.3 is 0 Å². The number of hydrogen-bond acceptors (Lipinski definition) is 5. The van der Waals surface area contributed by atoms with Crippen molar-refractivity contribution in [2.24, 2.45) is 0 Å². The first kappa shape index (κ1) is 18.3. The summed E-state index contributed by atoms with van der Waals surface area (Å²) in [6, 6.07) is 9.82. The van der Waals surface area contributed by atoms with Crippen molar-refractivity contribution in [1.29, 1.82) is 0 Å². The number of nitrogens with one attached hydrogen (secondary N) is 1. The van der Waals surface area contributed by atoms with Gasteiger partial charge in [0.2, 0.25) is 10.0 Å². The highest BCUT2D eigenvalue weighted by Gasteiger charge is 2.32. The molecule has 0 spiro atoms. The van der Waals surface area contributed by atoms with Crippen LogP contribution in [0.2, 0.25) is 0 Å². The second-order valence-corrected chi connectivity index (χ2v) is 7.91. The molecule has 0 amide bonds. The third kappa shape index (κ3) is 3.40. The summed E-state index contributed by atoms with van der Waals surface area (Å²) in [7, 11) is -2.54. The number of halogens is 1. The Labute approximate surface area is 150 Å². The van der Waals surface area contributed by atoms with E-state index < -0.39 is 14.9 Å². The molecule has 0 saturated carbocycles. The molecule has 7 nitrogen and oxygen atoms in total. The van der Waals surface area contributed by atoms with Gasteiger partial charge in [0.15, 0.2) is 0 Å². The number of nitro groups is 1. The first-order valence-corrected chi connectivity index (χ1v) is 9.56. The Morgan fingerprint density at radius 2 is 2.04 bits per heavy atom. The summed E-state index contributed by atoms with van der Waals surface area (Å²) < 4.78 is 39.6. The Bertz CT molecular complexity index is 949. The zero-order valence-corrected chi connectivity index (χ0v) is 14.9. The van der Waals surface area contributed by atoms with Crippen molar-refractivity contribution in [3.63, 3.8) is 0 Å². The first-order valence-electron chi connectivity index (χ1n) is 8.07. The van der Waals surface area contributed by atoms with Crippen LogP contribution in [0.15, 0.2) is 47.4 Å². The van der Waals surface area contributed by atoms with Gasteiger partial charge in [0.05, 0.1) is 15.9 Å². The molecule has 0 bridgehead atoms. The molecule has 1 atom stereocenters. The van der Waals surface area contributed by atoms with E-state index in [0.29, 0.717) is 12.2 Å². The molecule has 0 aromatic heterocycles. The van der Waals surface area contributed by atoms with Crippen LogP contribution in [0.25, 0.3) is 0 Å². The summed E-state index contributed by atoms with van der Waals surface area (Å²) in [4.78, 5) is 12.6. The monoisotopic (exact) mass is 379 g/mol. The Balaban J connectivity index is 2.06. The molecule has 138 valence electrons. The molecule has 3 rings (SSSR count). The smallest absolute Gasteiger partial charge is 0.293 e. The molecule has 1 fully saturated rings. The molecular formula is C17H18FN3O4S. The molecule has 0 aliphatic carbocycles. The summed E-state index contributed by atoms with van der Waals surface area (Å²) in [5.74, 6) is -0.362. The van der Waals surface area contributed by atoms with Gasteiger partial charge in [-0.25, -0.2) is 17.5 Å². The van der Waals surface area contributed by atoms with E-state index >= 15 is 0 Å². The lowest BCUT2D eigenvalue weighted by molar-refractivity contribution is -0.384. The SMILES string of the molecule is CNS(=O)(=O)c1ccc(N2CCC[C@H]2c2cccc(F)c2)c([N+](=O)[O-])c1. The number of benzene rings is 2. The summed E-state index contributed by atoms with van der Waals surface area (Å²) >= 11 is 0. The summed E-state index contributed by atoms with van der Waals surface area (Å²) in [5.41, 5.74) is 0.783. The van der Waals surface area contributed by atoms with Crippen LogP contribution in [-0.2, 0) is 10.0 Å². The average Bonchev–Trinajstić information content (AvgIpc) is 3.10. The van der Waals surface area contributed by atoms with E-state index in [1.807, 2.05) is 4.90 Å². The van der Waals surface area contributed by atoms with Crippen LogP contribution in [0.4, 0.5) is 15.8 Å². The zero-order chi connectivity index (χ0) is 18.9. The number of anilines is 1. The Kier molecular flexibility index (Phi) is 4.92. The number of nitro benzene ring substituents is 1. The molecule has 1 aliphatic heterocycles. The topological polar surface area (TPSA) is 92.6 Å². The van der Waals surface area contributed by atoms with Crippen molar-refractivity contribution in [3.05, 3.63) is 64.0 Å². The van der Waals surface area contributed by atoms with E-state index in [9.17, 15) is 22.9 Å². The average molecular weight is 379 g/mol. The maximum atomic E-state index is 13.6. The lowest BCUT2D eigenvalue weighted by Crippen LogP contribution is -2.24. The third-order valence-electron chi connectivity index (χ3n) is 4.52. The molecule has 0 unspecified atom stereocenters. The van der Waals surface area contributed by atoms with Crippen molar-refractivity contribution in [3.8, 4) is 0 Å². The minimum Gasteiger partial charge on any atom is -0.359 e. The Morgan fingerprint density at radius 3 is 2.69 bits per heavy atom. The number of sulfonamides is 1. The van der Waals surface area contributed by atoms with Gasteiger partial charge in [-0.3, -0.25) is 10.1 Å². The van der Waals surface area contributed by atoms with Crippen molar-refractivity contribution in [2.45, 2.75) is 23.8 Å². The fourth-order valence-electron chi connectivity index (χ4n) is 3.29. The van der Waals surface area contributed by atoms with Crippen LogP contribution >= 0.6 is 0 Å². The second-order valence-electron chi connectivity index (χ2n) is 6.02. The largest absolute Gasteiger partial charge is 0.359 e. The predicted molar refractivity (Wildman–Crippen MR) is 95.1 cm³/mol. The number of nitrogens with zero attached hydrogens (tertiary/aromatic N) is 2. The van der Waals surface area contributed by atoms with Crippen LogP contribution in [0.5, 0.6) is 0 Å². The number of hydrogen-bond donors (Lipinski definition) is 1. The lowest BCUT2D eigenvalue weighted by Gasteiger charge is -2.27. The van der Waals surface area contributed by atoms with Crippen molar-refractivity contribution < 1.29 is 17.7 Å². The zero-order valence-electron chi connectivity index (χ0n) is 14.1. The first-order chi connectivity index (χ1) is 12.3. The van der Waals surface area contributed by atoms with Gasteiger partial charge in [0, 0.05) is 12.6 Å². The van der Waals surface area contributed by atoms with Gasteiger partial charge in [-0.05, 0) is 49.7 Å². The maximum Gasteiger partial charge on any atom is 0.293 e. The highest BCUT2D eigenvalue weighted by Crippen LogP contribution is 2.41.